The van der Waals surface area contributed by atoms with E-state index in [4.69, 9.17) is 22.1 Å². The average molecular weight is 291 g/mol. The third-order valence-electron chi connectivity index (χ3n) is 2.99. The Morgan fingerprint density at radius 3 is 2.45 bits per heavy atom. The number of nitrogens with two attached hydrogens (primary N) is 1. The predicted molar refractivity (Wildman–Crippen MR) is 81.6 cm³/mol. The molecule has 0 spiro atoms. The first kappa shape index (κ1) is 14.2. The van der Waals surface area contributed by atoms with E-state index >= 15 is 0 Å². The minimum Gasteiger partial charge on any atom is -0.497 e. The number of nitrogens with zero attached hydrogens (tertiary/aromatic N) is 1. The Bertz CT molecular complexity index is 626. The lowest BCUT2D eigenvalue weighted by Gasteiger charge is -2.18. The lowest BCUT2D eigenvalue weighted by molar-refractivity contribution is 0.0993. The lowest BCUT2D eigenvalue weighted by atomic mass is 10.1. The van der Waals surface area contributed by atoms with Crippen LogP contribution in [0.5, 0.6) is 5.75 Å². The van der Waals surface area contributed by atoms with Gasteiger partial charge in [-0.2, -0.15) is 0 Å². The molecule has 5 heteroatoms. The number of hydrogen-bond acceptors (Lipinski definition) is 3. The van der Waals surface area contributed by atoms with Gasteiger partial charge in [-0.3, -0.25) is 4.79 Å². The van der Waals surface area contributed by atoms with Crippen LogP contribution < -0.4 is 15.4 Å². The molecule has 0 heterocycles. The summed E-state index contributed by atoms with van der Waals surface area (Å²) in [5.41, 5.74) is 7.32. The molecule has 104 valence electrons. The molecule has 0 bridgehead atoms. The van der Waals surface area contributed by atoms with Gasteiger partial charge in [-0.15, -0.1) is 0 Å². The fraction of sp³-hybridized carbons (Fsp3) is 0.133. The molecule has 1 amide bonds. The van der Waals surface area contributed by atoms with Gasteiger partial charge in [0.25, 0.3) is 5.91 Å². The third kappa shape index (κ3) is 2.86. The van der Waals surface area contributed by atoms with Crippen LogP contribution in [0.25, 0.3) is 0 Å². The topological polar surface area (TPSA) is 55.6 Å². The SMILES string of the molecule is COc1ccc(N(C)C(=O)c2cc(N)ccc2Cl)cc1. The monoisotopic (exact) mass is 290 g/mol. The Hall–Kier alpha value is -2.20. The molecular formula is C15H15ClN2O2. The standard InChI is InChI=1S/C15H15ClN2O2/c1-18(11-4-6-12(20-2)7-5-11)15(19)13-9-10(17)3-8-14(13)16/h3-9H,17H2,1-2H3. The summed E-state index contributed by atoms with van der Waals surface area (Å²) in [6.45, 7) is 0. The van der Waals surface area contributed by atoms with Crippen molar-refractivity contribution in [2.45, 2.75) is 0 Å². The number of anilines is 2. The van der Waals surface area contributed by atoms with Crippen molar-refractivity contribution < 1.29 is 9.53 Å². The second-order valence-electron chi connectivity index (χ2n) is 4.30. The maximum Gasteiger partial charge on any atom is 0.259 e. The van der Waals surface area contributed by atoms with Gasteiger partial charge >= 0.3 is 0 Å². The minimum atomic E-state index is -0.215. The van der Waals surface area contributed by atoms with Gasteiger partial charge in [0.2, 0.25) is 0 Å². The number of carbonyl (C=O) groups is 1. The minimum absolute atomic E-state index is 0.215. The summed E-state index contributed by atoms with van der Waals surface area (Å²) in [7, 11) is 3.28. The highest BCUT2D eigenvalue weighted by Crippen LogP contribution is 2.24. The molecule has 0 saturated carbocycles. The molecule has 0 unspecified atom stereocenters. The fourth-order valence-corrected chi connectivity index (χ4v) is 2.01. The van der Waals surface area contributed by atoms with Crippen molar-refractivity contribution >= 4 is 28.9 Å². The molecular weight excluding hydrogens is 276 g/mol. The Kier molecular flexibility index (Phi) is 4.15. The highest BCUT2D eigenvalue weighted by atomic mass is 35.5. The summed E-state index contributed by atoms with van der Waals surface area (Å²) in [4.78, 5) is 13.9. The summed E-state index contributed by atoms with van der Waals surface area (Å²) >= 11 is 6.05. The van der Waals surface area contributed by atoms with E-state index in [1.54, 1.807) is 56.6 Å². The van der Waals surface area contributed by atoms with Gasteiger partial charge in [0.15, 0.2) is 0 Å². The van der Waals surface area contributed by atoms with Gasteiger partial charge in [0, 0.05) is 18.4 Å². The molecule has 2 aromatic carbocycles. The third-order valence-corrected chi connectivity index (χ3v) is 3.31. The van der Waals surface area contributed by atoms with Crippen molar-refractivity contribution in [1.29, 1.82) is 0 Å². The van der Waals surface area contributed by atoms with Crippen LogP contribution in [0.4, 0.5) is 11.4 Å². The molecule has 4 nitrogen and oxygen atoms in total. The molecule has 0 fully saturated rings. The maximum absolute atomic E-state index is 12.4. The van der Waals surface area contributed by atoms with Gasteiger partial charge < -0.3 is 15.4 Å². The van der Waals surface area contributed by atoms with Crippen LogP contribution in [0.15, 0.2) is 42.5 Å². The highest BCUT2D eigenvalue weighted by molar-refractivity contribution is 6.34. The Balaban J connectivity index is 2.29. The number of halogens is 1. The number of carbonyl (C=O) groups excluding carboxylic acids is 1. The number of nitrogen functional groups attached to an aromatic ring is 1. The first-order chi connectivity index (χ1) is 9.52. The van der Waals surface area contributed by atoms with Gasteiger partial charge in [-0.1, -0.05) is 11.6 Å². The van der Waals surface area contributed by atoms with E-state index in [1.165, 1.54) is 4.90 Å². The van der Waals surface area contributed by atoms with Crippen LogP contribution >= 0.6 is 11.6 Å². The number of benzene rings is 2. The van der Waals surface area contributed by atoms with Gasteiger partial charge in [0.1, 0.15) is 5.75 Å². The summed E-state index contributed by atoms with van der Waals surface area (Å²) < 4.78 is 5.09. The first-order valence-corrected chi connectivity index (χ1v) is 6.38. The zero-order chi connectivity index (χ0) is 14.7. The number of rotatable bonds is 3. The number of ether oxygens (including phenoxy) is 1. The smallest absolute Gasteiger partial charge is 0.259 e. The van der Waals surface area contributed by atoms with E-state index in [2.05, 4.69) is 0 Å². The van der Waals surface area contributed by atoms with Gasteiger partial charge in [-0.25, -0.2) is 0 Å². The van der Waals surface area contributed by atoms with Crippen LogP contribution in [0.3, 0.4) is 0 Å². The summed E-state index contributed by atoms with van der Waals surface area (Å²) in [6.07, 6.45) is 0. The Morgan fingerprint density at radius 1 is 1.20 bits per heavy atom. The molecule has 2 aromatic rings. The lowest BCUT2D eigenvalue weighted by Crippen LogP contribution is -2.26. The Morgan fingerprint density at radius 2 is 1.85 bits per heavy atom. The zero-order valence-corrected chi connectivity index (χ0v) is 12.0. The molecule has 0 aliphatic heterocycles. The predicted octanol–water partition coefficient (Wildman–Crippen LogP) is 3.21. The maximum atomic E-state index is 12.4. The quantitative estimate of drug-likeness (QED) is 0.883. The summed E-state index contributed by atoms with van der Waals surface area (Å²) in [5, 5.41) is 0.379. The van der Waals surface area contributed by atoms with Crippen LogP contribution in [-0.2, 0) is 0 Å². The van der Waals surface area contributed by atoms with E-state index in [9.17, 15) is 4.79 Å². The van der Waals surface area contributed by atoms with E-state index in [0.717, 1.165) is 11.4 Å². The van der Waals surface area contributed by atoms with Crippen LogP contribution in [0.2, 0.25) is 5.02 Å². The normalized spacial score (nSPS) is 10.2. The van der Waals surface area contributed by atoms with E-state index in [0.29, 0.717) is 16.3 Å². The molecule has 0 aromatic heterocycles. The zero-order valence-electron chi connectivity index (χ0n) is 11.3. The summed E-state index contributed by atoms with van der Waals surface area (Å²) in [6, 6.07) is 12.0. The summed E-state index contributed by atoms with van der Waals surface area (Å²) in [5.74, 6) is 0.518. The number of hydrogen-bond donors (Lipinski definition) is 1. The molecule has 0 radical (unpaired) electrons. The Labute approximate surface area is 122 Å². The van der Waals surface area contributed by atoms with E-state index in [1.807, 2.05) is 0 Å². The molecule has 0 atom stereocenters. The molecule has 20 heavy (non-hydrogen) atoms. The highest BCUT2D eigenvalue weighted by Gasteiger charge is 2.16. The molecule has 2 N–H and O–H groups in total. The van der Waals surface area contributed by atoms with Crippen molar-refractivity contribution in [2.75, 3.05) is 24.8 Å². The van der Waals surface area contributed by atoms with E-state index < -0.39 is 0 Å². The molecule has 0 aliphatic rings. The van der Waals surface area contributed by atoms with Gasteiger partial charge in [-0.05, 0) is 42.5 Å². The van der Waals surface area contributed by atoms with Crippen molar-refractivity contribution in [3.8, 4) is 5.75 Å². The first-order valence-electron chi connectivity index (χ1n) is 6.00. The molecule has 2 rings (SSSR count). The van der Waals surface area contributed by atoms with E-state index in [-0.39, 0.29) is 5.91 Å². The van der Waals surface area contributed by atoms with Crippen molar-refractivity contribution in [1.82, 2.24) is 0 Å². The van der Waals surface area contributed by atoms with Crippen LogP contribution in [0, 0.1) is 0 Å². The molecule has 0 aliphatic carbocycles. The molecule has 0 saturated heterocycles. The second kappa shape index (κ2) is 5.84. The van der Waals surface area contributed by atoms with Crippen molar-refractivity contribution in [2.24, 2.45) is 0 Å². The largest absolute Gasteiger partial charge is 0.497 e. The van der Waals surface area contributed by atoms with Crippen LogP contribution in [-0.4, -0.2) is 20.1 Å². The van der Waals surface area contributed by atoms with Crippen LogP contribution in [0.1, 0.15) is 10.4 Å². The number of methoxy groups -OCH3 is 1. The van der Waals surface area contributed by atoms with Crippen molar-refractivity contribution in [3.63, 3.8) is 0 Å². The average Bonchev–Trinajstić information content (AvgIpc) is 2.48. The fourth-order valence-electron chi connectivity index (χ4n) is 1.81. The van der Waals surface area contributed by atoms with Crippen molar-refractivity contribution in [3.05, 3.63) is 53.1 Å². The second-order valence-corrected chi connectivity index (χ2v) is 4.71. The van der Waals surface area contributed by atoms with Gasteiger partial charge in [0.05, 0.1) is 17.7 Å². The number of amides is 1.